The molecule has 2 atom stereocenters. The summed E-state index contributed by atoms with van der Waals surface area (Å²) in [6.07, 6.45) is -0.310. The number of benzene rings is 2. The summed E-state index contributed by atoms with van der Waals surface area (Å²) in [4.78, 5) is 6.80. The van der Waals surface area contributed by atoms with Gasteiger partial charge in [0.05, 0.1) is 6.04 Å². The molecule has 2 heterocycles. The van der Waals surface area contributed by atoms with Crippen LogP contribution >= 0.6 is 0 Å². The Hall–Kier alpha value is -2.70. The predicted molar refractivity (Wildman–Crippen MR) is 103 cm³/mol. The first-order valence-corrected chi connectivity index (χ1v) is 9.27. The zero-order valence-corrected chi connectivity index (χ0v) is 15.6. The zero-order valence-electron chi connectivity index (χ0n) is 15.6. The minimum absolute atomic E-state index is 0.133. The number of ether oxygens (including phenoxy) is 1. The molecule has 0 aliphatic carbocycles. The van der Waals surface area contributed by atoms with Crippen LogP contribution in [0.5, 0.6) is 5.75 Å². The molecule has 0 radical (unpaired) electrons. The Balaban J connectivity index is 1.42. The SMILES string of the molecule is CC(Oc1ccc(-c2ccccc2)cc1)c1nc(C2CNCCN2C)no1. The maximum absolute atomic E-state index is 5.99. The van der Waals surface area contributed by atoms with E-state index in [4.69, 9.17) is 9.26 Å². The first-order chi connectivity index (χ1) is 13.2. The van der Waals surface area contributed by atoms with Gasteiger partial charge >= 0.3 is 0 Å². The van der Waals surface area contributed by atoms with Crippen LogP contribution < -0.4 is 10.1 Å². The van der Waals surface area contributed by atoms with Gasteiger partial charge in [0.15, 0.2) is 11.9 Å². The lowest BCUT2D eigenvalue weighted by atomic mass is 10.1. The molecule has 0 spiro atoms. The molecule has 0 bridgehead atoms. The third-order valence-corrected chi connectivity index (χ3v) is 4.89. The first kappa shape index (κ1) is 17.7. The van der Waals surface area contributed by atoms with E-state index in [0.29, 0.717) is 11.7 Å². The van der Waals surface area contributed by atoms with Gasteiger partial charge in [-0.3, -0.25) is 4.90 Å². The summed E-state index contributed by atoms with van der Waals surface area (Å²) < 4.78 is 11.4. The largest absolute Gasteiger partial charge is 0.481 e. The quantitative estimate of drug-likeness (QED) is 0.748. The Bertz CT molecular complexity index is 863. The molecule has 1 N–H and O–H groups in total. The number of hydrogen-bond acceptors (Lipinski definition) is 6. The van der Waals surface area contributed by atoms with Crippen molar-refractivity contribution in [3.8, 4) is 16.9 Å². The second kappa shape index (κ2) is 7.90. The standard InChI is InChI=1S/C21H24N4O2/c1-15(21-23-20(24-27-21)19-14-22-12-13-25(19)2)26-18-10-8-17(9-11-18)16-6-4-3-5-7-16/h3-11,15,19,22H,12-14H2,1-2H3. The Labute approximate surface area is 159 Å². The highest BCUT2D eigenvalue weighted by Gasteiger charge is 2.26. The lowest BCUT2D eigenvalue weighted by Gasteiger charge is -2.30. The molecular weight excluding hydrogens is 340 g/mol. The van der Waals surface area contributed by atoms with Crippen molar-refractivity contribution < 1.29 is 9.26 Å². The van der Waals surface area contributed by atoms with E-state index < -0.39 is 0 Å². The summed E-state index contributed by atoms with van der Waals surface area (Å²) in [5, 5.41) is 7.53. The van der Waals surface area contributed by atoms with Gasteiger partial charge in [0.2, 0.25) is 0 Å². The number of piperazine rings is 1. The fraction of sp³-hybridized carbons (Fsp3) is 0.333. The van der Waals surface area contributed by atoms with Crippen molar-refractivity contribution in [2.24, 2.45) is 0 Å². The van der Waals surface area contributed by atoms with Crippen LogP contribution in [-0.4, -0.2) is 41.7 Å². The van der Waals surface area contributed by atoms with Crippen molar-refractivity contribution in [1.82, 2.24) is 20.4 Å². The number of hydrogen-bond donors (Lipinski definition) is 1. The number of nitrogens with zero attached hydrogens (tertiary/aromatic N) is 3. The molecule has 3 aromatic rings. The Morgan fingerprint density at radius 3 is 2.59 bits per heavy atom. The number of aromatic nitrogens is 2. The van der Waals surface area contributed by atoms with Crippen molar-refractivity contribution in [2.75, 3.05) is 26.7 Å². The highest BCUT2D eigenvalue weighted by Crippen LogP contribution is 2.26. The molecule has 2 aromatic carbocycles. The van der Waals surface area contributed by atoms with Gasteiger partial charge in [0.25, 0.3) is 5.89 Å². The summed E-state index contributed by atoms with van der Waals surface area (Å²) >= 11 is 0. The molecule has 1 saturated heterocycles. The maximum atomic E-state index is 5.99. The van der Waals surface area contributed by atoms with Crippen LogP contribution in [0, 0.1) is 0 Å². The molecule has 1 aliphatic heterocycles. The average Bonchev–Trinajstić information content (AvgIpc) is 3.20. The van der Waals surface area contributed by atoms with Crippen LogP contribution in [0.25, 0.3) is 11.1 Å². The Morgan fingerprint density at radius 1 is 1.11 bits per heavy atom. The molecule has 140 valence electrons. The third kappa shape index (κ3) is 4.02. The molecule has 27 heavy (non-hydrogen) atoms. The van der Waals surface area contributed by atoms with Crippen LogP contribution in [0.3, 0.4) is 0 Å². The molecule has 0 amide bonds. The topological polar surface area (TPSA) is 63.4 Å². The van der Waals surface area contributed by atoms with E-state index >= 15 is 0 Å². The van der Waals surface area contributed by atoms with Crippen molar-refractivity contribution in [2.45, 2.75) is 19.1 Å². The normalized spacial score (nSPS) is 19.0. The van der Waals surface area contributed by atoms with Gasteiger partial charge in [-0.15, -0.1) is 0 Å². The van der Waals surface area contributed by atoms with Crippen molar-refractivity contribution >= 4 is 0 Å². The highest BCUT2D eigenvalue weighted by molar-refractivity contribution is 5.63. The van der Waals surface area contributed by atoms with Gasteiger partial charge in [-0.25, -0.2) is 0 Å². The zero-order chi connectivity index (χ0) is 18.6. The van der Waals surface area contributed by atoms with E-state index in [1.807, 2.05) is 37.3 Å². The lowest BCUT2D eigenvalue weighted by molar-refractivity contribution is 0.173. The van der Waals surface area contributed by atoms with Crippen LogP contribution in [-0.2, 0) is 0 Å². The summed E-state index contributed by atoms with van der Waals surface area (Å²) in [6.45, 7) is 4.70. The van der Waals surface area contributed by atoms with Gasteiger partial charge in [0.1, 0.15) is 5.75 Å². The fourth-order valence-electron chi connectivity index (χ4n) is 3.25. The second-order valence-electron chi connectivity index (χ2n) is 6.84. The van der Waals surface area contributed by atoms with Gasteiger partial charge in [-0.05, 0) is 37.2 Å². The van der Waals surface area contributed by atoms with Gasteiger partial charge in [0, 0.05) is 19.6 Å². The molecule has 0 saturated carbocycles. The fourth-order valence-corrected chi connectivity index (χ4v) is 3.25. The molecule has 2 unspecified atom stereocenters. The van der Waals surface area contributed by atoms with Crippen LogP contribution in [0.2, 0.25) is 0 Å². The van der Waals surface area contributed by atoms with E-state index in [1.54, 1.807) is 0 Å². The maximum Gasteiger partial charge on any atom is 0.267 e. The van der Waals surface area contributed by atoms with E-state index in [-0.39, 0.29) is 12.1 Å². The van der Waals surface area contributed by atoms with Crippen molar-refractivity contribution in [3.05, 3.63) is 66.3 Å². The molecule has 4 rings (SSSR count). The summed E-state index contributed by atoms with van der Waals surface area (Å²) in [5.74, 6) is 1.98. The second-order valence-corrected chi connectivity index (χ2v) is 6.84. The molecule has 6 nitrogen and oxygen atoms in total. The molecule has 6 heteroatoms. The summed E-state index contributed by atoms with van der Waals surface area (Å²) in [7, 11) is 2.08. The third-order valence-electron chi connectivity index (χ3n) is 4.89. The minimum atomic E-state index is -0.310. The Kier molecular flexibility index (Phi) is 5.18. The van der Waals surface area contributed by atoms with Gasteiger partial charge < -0.3 is 14.6 Å². The smallest absolute Gasteiger partial charge is 0.267 e. The molecular formula is C21H24N4O2. The van der Waals surface area contributed by atoms with Crippen molar-refractivity contribution in [3.63, 3.8) is 0 Å². The predicted octanol–water partition coefficient (Wildman–Crippen LogP) is 3.45. The Morgan fingerprint density at radius 2 is 1.85 bits per heavy atom. The number of likely N-dealkylation sites (N-methyl/N-ethyl adjacent to an activating group) is 1. The lowest BCUT2D eigenvalue weighted by Crippen LogP contribution is -2.44. The summed E-state index contributed by atoms with van der Waals surface area (Å²) in [5.41, 5.74) is 2.34. The minimum Gasteiger partial charge on any atom is -0.481 e. The van der Waals surface area contributed by atoms with Crippen LogP contribution in [0.4, 0.5) is 0 Å². The van der Waals surface area contributed by atoms with Crippen LogP contribution in [0.1, 0.15) is 30.8 Å². The van der Waals surface area contributed by atoms with E-state index in [1.165, 1.54) is 5.56 Å². The highest BCUT2D eigenvalue weighted by atomic mass is 16.5. The summed E-state index contributed by atoms with van der Waals surface area (Å²) in [6, 6.07) is 18.5. The number of nitrogens with one attached hydrogen (secondary N) is 1. The van der Waals surface area contributed by atoms with Crippen molar-refractivity contribution in [1.29, 1.82) is 0 Å². The van der Waals surface area contributed by atoms with E-state index in [0.717, 1.165) is 30.9 Å². The number of rotatable bonds is 5. The molecule has 1 aromatic heterocycles. The van der Waals surface area contributed by atoms with E-state index in [2.05, 4.69) is 51.7 Å². The molecule has 1 fully saturated rings. The molecule has 1 aliphatic rings. The van der Waals surface area contributed by atoms with Crippen LogP contribution in [0.15, 0.2) is 59.1 Å². The monoisotopic (exact) mass is 364 g/mol. The van der Waals surface area contributed by atoms with Gasteiger partial charge in [-0.2, -0.15) is 4.98 Å². The first-order valence-electron chi connectivity index (χ1n) is 9.27. The van der Waals surface area contributed by atoms with E-state index in [9.17, 15) is 0 Å². The van der Waals surface area contributed by atoms with Gasteiger partial charge in [-0.1, -0.05) is 47.6 Å². The average molecular weight is 364 g/mol.